The van der Waals surface area contributed by atoms with Gasteiger partial charge in [-0.1, -0.05) is 6.07 Å². The molecule has 1 aliphatic heterocycles. The molecule has 1 amide bonds. The minimum Gasteiger partial charge on any atom is -0.340 e. The highest BCUT2D eigenvalue weighted by Gasteiger charge is 2.26. The predicted octanol–water partition coefficient (Wildman–Crippen LogP) is 3.59. The van der Waals surface area contributed by atoms with E-state index in [-0.39, 0.29) is 11.7 Å². The van der Waals surface area contributed by atoms with E-state index in [2.05, 4.69) is 15.4 Å². The molecule has 5 rings (SSSR count). The summed E-state index contributed by atoms with van der Waals surface area (Å²) in [5, 5.41) is 7.39. The van der Waals surface area contributed by atoms with Gasteiger partial charge in [0.05, 0.1) is 12.2 Å². The van der Waals surface area contributed by atoms with Gasteiger partial charge in [0.15, 0.2) is 5.82 Å². The van der Waals surface area contributed by atoms with Crippen molar-refractivity contribution >= 4 is 17.4 Å². The molecule has 8 nitrogen and oxygen atoms in total. The second-order valence-corrected chi connectivity index (χ2v) is 7.78. The van der Waals surface area contributed by atoms with Crippen molar-refractivity contribution in [2.75, 3.05) is 11.9 Å². The normalized spacial score (nSPS) is 12.9. The second kappa shape index (κ2) is 9.15. The lowest BCUT2D eigenvalue weighted by Gasteiger charge is -2.30. The fourth-order valence-electron chi connectivity index (χ4n) is 3.86. The number of fused-ring (bicyclic) bond motifs is 1. The van der Waals surface area contributed by atoms with Crippen molar-refractivity contribution in [2.24, 2.45) is 0 Å². The van der Waals surface area contributed by atoms with Crippen LogP contribution in [-0.4, -0.2) is 42.1 Å². The van der Waals surface area contributed by atoms with Crippen LogP contribution in [0.2, 0.25) is 0 Å². The van der Waals surface area contributed by atoms with Crippen molar-refractivity contribution < 1.29 is 9.18 Å². The third-order valence-electron chi connectivity index (χ3n) is 5.53. The molecule has 1 N–H and O–H groups in total. The summed E-state index contributed by atoms with van der Waals surface area (Å²) in [4.78, 5) is 28.3. The average Bonchev–Trinajstić information content (AvgIpc) is 3.36. The zero-order chi connectivity index (χ0) is 22.6. The Balaban J connectivity index is 1.44. The first-order valence-corrected chi connectivity index (χ1v) is 10.7. The number of hydrogen-bond acceptors (Lipinski definition) is 6. The van der Waals surface area contributed by atoms with Crippen molar-refractivity contribution in [3.8, 4) is 11.4 Å². The van der Waals surface area contributed by atoms with Crippen molar-refractivity contribution in [2.45, 2.75) is 25.9 Å². The molecule has 0 saturated heterocycles. The molecule has 0 unspecified atom stereocenters. The molecule has 0 aliphatic carbocycles. The van der Waals surface area contributed by atoms with Gasteiger partial charge in [0.1, 0.15) is 11.6 Å². The SMILES string of the molecule is O=C(CCn1cccn1)N1CCc2nc(-c3cccnc3)nc(Nc3cccc(F)c3)c2C1. The second-order valence-electron chi connectivity index (χ2n) is 7.78. The summed E-state index contributed by atoms with van der Waals surface area (Å²) in [5.74, 6) is 0.809. The van der Waals surface area contributed by atoms with Gasteiger partial charge >= 0.3 is 0 Å². The molecular weight excluding hydrogens is 421 g/mol. The van der Waals surface area contributed by atoms with Gasteiger partial charge in [-0.25, -0.2) is 14.4 Å². The molecule has 4 aromatic rings. The average molecular weight is 443 g/mol. The number of nitrogens with one attached hydrogen (secondary N) is 1. The van der Waals surface area contributed by atoms with Crippen molar-refractivity contribution in [1.82, 2.24) is 29.6 Å². The lowest BCUT2D eigenvalue weighted by atomic mass is 10.0. The number of rotatable bonds is 6. The summed E-state index contributed by atoms with van der Waals surface area (Å²) >= 11 is 0. The topological polar surface area (TPSA) is 88.8 Å². The lowest BCUT2D eigenvalue weighted by Crippen LogP contribution is -2.37. The number of pyridine rings is 1. The Labute approximate surface area is 190 Å². The first kappa shape index (κ1) is 20.7. The summed E-state index contributed by atoms with van der Waals surface area (Å²) in [6, 6.07) is 11.8. The van der Waals surface area contributed by atoms with Crippen molar-refractivity contribution in [3.05, 3.63) is 84.3 Å². The first-order valence-electron chi connectivity index (χ1n) is 10.7. The standard InChI is InChI=1S/C24H22FN7O/c25-18-5-1-6-19(14-18)28-24-20-16-31(22(33)8-13-32-11-3-10-27-32)12-7-21(20)29-23(30-24)17-4-2-9-26-15-17/h1-6,9-11,14-15H,7-8,12-13,16H2,(H,28,29,30). The highest BCUT2D eigenvalue weighted by atomic mass is 19.1. The number of halogens is 1. The van der Waals surface area contributed by atoms with E-state index in [9.17, 15) is 9.18 Å². The number of anilines is 2. The Morgan fingerprint density at radius 1 is 1.12 bits per heavy atom. The number of aryl methyl sites for hydroxylation is 1. The van der Waals surface area contributed by atoms with Crippen LogP contribution in [0, 0.1) is 5.82 Å². The van der Waals surface area contributed by atoms with Crippen LogP contribution in [-0.2, 0) is 24.3 Å². The minimum absolute atomic E-state index is 0.0455. The van der Waals surface area contributed by atoms with Gasteiger partial charge in [-0.3, -0.25) is 14.5 Å². The monoisotopic (exact) mass is 443 g/mol. The highest BCUT2D eigenvalue weighted by Crippen LogP contribution is 2.29. The fourth-order valence-corrected chi connectivity index (χ4v) is 3.86. The number of carbonyl (C=O) groups excluding carboxylic acids is 1. The maximum atomic E-state index is 13.8. The van der Waals surface area contributed by atoms with Gasteiger partial charge in [-0.2, -0.15) is 5.10 Å². The third-order valence-corrected chi connectivity index (χ3v) is 5.53. The summed E-state index contributed by atoms with van der Waals surface area (Å²) in [6.07, 6.45) is 7.91. The van der Waals surface area contributed by atoms with E-state index < -0.39 is 0 Å². The lowest BCUT2D eigenvalue weighted by molar-refractivity contribution is -0.132. The molecule has 0 bridgehead atoms. The molecule has 1 aromatic carbocycles. The Bertz CT molecular complexity index is 1260. The molecule has 1 aliphatic rings. The highest BCUT2D eigenvalue weighted by molar-refractivity contribution is 5.77. The summed E-state index contributed by atoms with van der Waals surface area (Å²) in [7, 11) is 0. The Morgan fingerprint density at radius 3 is 2.85 bits per heavy atom. The van der Waals surface area contributed by atoms with Crippen LogP contribution in [0.4, 0.5) is 15.9 Å². The van der Waals surface area contributed by atoms with E-state index in [1.165, 1.54) is 12.1 Å². The number of hydrogen-bond donors (Lipinski definition) is 1. The molecule has 0 fully saturated rings. The van der Waals surface area contributed by atoms with Crippen LogP contribution < -0.4 is 5.32 Å². The number of carbonyl (C=O) groups is 1. The molecule has 0 atom stereocenters. The number of aromatic nitrogens is 5. The Morgan fingerprint density at radius 2 is 2.06 bits per heavy atom. The molecule has 0 radical (unpaired) electrons. The van der Waals surface area contributed by atoms with Crippen molar-refractivity contribution in [1.29, 1.82) is 0 Å². The molecule has 4 heterocycles. The van der Waals surface area contributed by atoms with Crippen LogP contribution in [0.15, 0.2) is 67.3 Å². The number of nitrogens with zero attached hydrogens (tertiary/aromatic N) is 6. The molecule has 33 heavy (non-hydrogen) atoms. The van der Waals surface area contributed by atoms with Gasteiger partial charge in [0.2, 0.25) is 5.91 Å². The Hall–Kier alpha value is -4.14. The van der Waals surface area contributed by atoms with E-state index in [1.54, 1.807) is 35.4 Å². The first-order chi connectivity index (χ1) is 16.2. The minimum atomic E-state index is -0.342. The third kappa shape index (κ3) is 4.72. The Kier molecular flexibility index (Phi) is 5.75. The molecule has 3 aromatic heterocycles. The van der Waals surface area contributed by atoms with Crippen LogP contribution in [0.3, 0.4) is 0 Å². The maximum absolute atomic E-state index is 13.8. The largest absolute Gasteiger partial charge is 0.340 e. The molecule has 9 heteroatoms. The fraction of sp³-hybridized carbons (Fsp3) is 0.208. The van der Waals surface area contributed by atoms with E-state index in [1.807, 2.05) is 29.3 Å². The van der Waals surface area contributed by atoms with E-state index in [4.69, 9.17) is 9.97 Å². The van der Waals surface area contributed by atoms with Gasteiger partial charge in [0, 0.05) is 67.5 Å². The van der Waals surface area contributed by atoms with Crippen LogP contribution in [0.5, 0.6) is 0 Å². The van der Waals surface area contributed by atoms with Gasteiger partial charge < -0.3 is 10.2 Å². The van der Waals surface area contributed by atoms with Crippen molar-refractivity contribution in [3.63, 3.8) is 0 Å². The molecule has 0 saturated carbocycles. The maximum Gasteiger partial charge on any atom is 0.224 e. The number of amides is 1. The van der Waals surface area contributed by atoms with Crippen LogP contribution in [0.25, 0.3) is 11.4 Å². The van der Waals surface area contributed by atoms with Crippen LogP contribution in [0.1, 0.15) is 17.7 Å². The predicted molar refractivity (Wildman–Crippen MR) is 121 cm³/mol. The zero-order valence-electron chi connectivity index (χ0n) is 17.9. The van der Waals surface area contributed by atoms with E-state index in [0.717, 1.165) is 16.8 Å². The summed E-state index contributed by atoms with van der Waals surface area (Å²) in [5.41, 5.74) is 3.08. The van der Waals surface area contributed by atoms with Crippen LogP contribution >= 0.6 is 0 Å². The molecular formula is C24H22FN7O. The van der Waals surface area contributed by atoms with E-state index in [0.29, 0.717) is 49.8 Å². The zero-order valence-corrected chi connectivity index (χ0v) is 17.9. The summed E-state index contributed by atoms with van der Waals surface area (Å²) < 4.78 is 15.5. The molecule has 166 valence electrons. The quantitative estimate of drug-likeness (QED) is 0.490. The van der Waals surface area contributed by atoms with Gasteiger partial charge in [0.25, 0.3) is 0 Å². The molecule has 0 spiro atoms. The smallest absolute Gasteiger partial charge is 0.224 e. The van der Waals surface area contributed by atoms with Gasteiger partial charge in [-0.05, 0) is 36.4 Å². The van der Waals surface area contributed by atoms with E-state index >= 15 is 0 Å². The number of benzene rings is 1. The van der Waals surface area contributed by atoms with Gasteiger partial charge in [-0.15, -0.1) is 0 Å². The summed E-state index contributed by atoms with van der Waals surface area (Å²) in [6.45, 7) is 1.49.